The largest absolute Gasteiger partial charge is 0.497 e. The van der Waals surface area contributed by atoms with Gasteiger partial charge in [0, 0.05) is 17.5 Å². The molecule has 5 rings (SSSR count). The first kappa shape index (κ1) is 23.7. The SMILES string of the molecule is COc1cccc(C2=CN(S(=O)(=O)c3ccc(C)cc3)C3=CC=CC=CC3N2c2ccc(C)cc2)c1. The fraction of sp³-hybridized carbons (Fsp3) is 0.133. The molecule has 0 spiro atoms. The summed E-state index contributed by atoms with van der Waals surface area (Å²) in [4.78, 5) is 2.42. The molecule has 0 bridgehead atoms. The van der Waals surface area contributed by atoms with E-state index in [0.717, 1.165) is 28.1 Å². The Balaban J connectivity index is 1.77. The molecule has 0 saturated heterocycles. The Morgan fingerprint density at radius 1 is 0.833 bits per heavy atom. The number of rotatable bonds is 5. The summed E-state index contributed by atoms with van der Waals surface area (Å²) < 4.78 is 34.9. The fourth-order valence-electron chi connectivity index (χ4n) is 4.44. The van der Waals surface area contributed by atoms with Crippen LogP contribution in [-0.4, -0.2) is 25.9 Å². The molecule has 3 aromatic rings. The second kappa shape index (κ2) is 9.55. The van der Waals surface area contributed by atoms with Crippen LogP contribution in [-0.2, 0) is 10.0 Å². The summed E-state index contributed by atoms with van der Waals surface area (Å²) in [5.41, 5.74) is 5.37. The van der Waals surface area contributed by atoms with Gasteiger partial charge in [0.2, 0.25) is 0 Å². The third kappa shape index (κ3) is 4.36. The molecule has 36 heavy (non-hydrogen) atoms. The van der Waals surface area contributed by atoms with Gasteiger partial charge in [-0.1, -0.05) is 71.8 Å². The number of anilines is 1. The smallest absolute Gasteiger partial charge is 0.267 e. The third-order valence-electron chi connectivity index (χ3n) is 6.37. The molecule has 1 heterocycles. The molecule has 0 saturated carbocycles. The molecule has 0 amide bonds. The van der Waals surface area contributed by atoms with Crippen LogP contribution >= 0.6 is 0 Å². The molecule has 1 atom stereocenters. The lowest BCUT2D eigenvalue weighted by molar-refractivity contribution is 0.414. The molecule has 0 N–H and O–H groups in total. The van der Waals surface area contributed by atoms with E-state index in [4.69, 9.17) is 4.74 Å². The van der Waals surface area contributed by atoms with Gasteiger partial charge in [-0.25, -0.2) is 12.7 Å². The first-order valence-corrected chi connectivity index (χ1v) is 13.2. The summed E-state index contributed by atoms with van der Waals surface area (Å²) in [5, 5.41) is 0. The molecular formula is C30H28N2O3S. The minimum absolute atomic E-state index is 0.245. The molecule has 0 radical (unpaired) electrons. The Bertz CT molecular complexity index is 1500. The molecule has 1 unspecified atom stereocenters. The molecule has 1 aliphatic carbocycles. The summed E-state index contributed by atoms with van der Waals surface area (Å²) in [6, 6.07) is 22.6. The normalized spacial score (nSPS) is 17.2. The van der Waals surface area contributed by atoms with Crippen molar-refractivity contribution < 1.29 is 13.2 Å². The topological polar surface area (TPSA) is 49.9 Å². The number of methoxy groups -OCH3 is 1. The van der Waals surface area contributed by atoms with E-state index in [2.05, 4.69) is 36.1 Å². The van der Waals surface area contributed by atoms with Gasteiger partial charge in [0.15, 0.2) is 0 Å². The zero-order chi connectivity index (χ0) is 25.3. The van der Waals surface area contributed by atoms with Crippen molar-refractivity contribution in [3.05, 3.63) is 132 Å². The van der Waals surface area contributed by atoms with Crippen LogP contribution in [0.4, 0.5) is 5.69 Å². The van der Waals surface area contributed by atoms with E-state index < -0.39 is 10.0 Å². The van der Waals surface area contributed by atoms with E-state index in [9.17, 15) is 8.42 Å². The zero-order valence-corrected chi connectivity index (χ0v) is 21.3. The maximum atomic E-state index is 14.0. The van der Waals surface area contributed by atoms with Gasteiger partial charge in [-0.2, -0.15) is 0 Å². The summed E-state index contributed by atoms with van der Waals surface area (Å²) >= 11 is 0. The Morgan fingerprint density at radius 3 is 2.22 bits per heavy atom. The van der Waals surface area contributed by atoms with Gasteiger partial charge in [0.1, 0.15) is 5.75 Å². The van der Waals surface area contributed by atoms with Gasteiger partial charge in [0.05, 0.1) is 29.4 Å². The van der Waals surface area contributed by atoms with E-state index in [1.165, 1.54) is 4.31 Å². The van der Waals surface area contributed by atoms with Crippen LogP contribution < -0.4 is 9.64 Å². The number of aryl methyl sites for hydroxylation is 2. The van der Waals surface area contributed by atoms with Crippen molar-refractivity contribution in [3.63, 3.8) is 0 Å². The summed E-state index contributed by atoms with van der Waals surface area (Å²) in [5.74, 6) is 0.699. The van der Waals surface area contributed by atoms with Crippen molar-refractivity contribution in [2.24, 2.45) is 0 Å². The van der Waals surface area contributed by atoms with Gasteiger partial charge < -0.3 is 9.64 Å². The van der Waals surface area contributed by atoms with Crippen LogP contribution in [0.5, 0.6) is 5.75 Å². The van der Waals surface area contributed by atoms with E-state index in [1.54, 1.807) is 25.4 Å². The number of hydrogen-bond acceptors (Lipinski definition) is 4. The molecule has 5 nitrogen and oxygen atoms in total. The highest BCUT2D eigenvalue weighted by molar-refractivity contribution is 7.89. The monoisotopic (exact) mass is 496 g/mol. The predicted octanol–water partition coefficient (Wildman–Crippen LogP) is 6.20. The molecule has 182 valence electrons. The highest BCUT2D eigenvalue weighted by atomic mass is 32.2. The van der Waals surface area contributed by atoms with Crippen molar-refractivity contribution in [1.82, 2.24) is 4.31 Å². The molecule has 0 aromatic heterocycles. The first-order valence-electron chi connectivity index (χ1n) is 11.8. The van der Waals surface area contributed by atoms with Crippen molar-refractivity contribution in [1.29, 1.82) is 0 Å². The second-order valence-corrected chi connectivity index (χ2v) is 10.7. The number of hydrogen-bond donors (Lipinski definition) is 0. The summed E-state index contributed by atoms with van der Waals surface area (Å²) in [6.07, 6.45) is 11.4. The van der Waals surface area contributed by atoms with Gasteiger partial charge in [0.25, 0.3) is 10.0 Å². The maximum absolute atomic E-state index is 14.0. The second-order valence-electron chi connectivity index (χ2n) is 8.87. The van der Waals surface area contributed by atoms with Crippen LogP contribution in [0.3, 0.4) is 0 Å². The van der Waals surface area contributed by atoms with E-state index >= 15 is 0 Å². The van der Waals surface area contributed by atoms with Gasteiger partial charge in [-0.15, -0.1) is 0 Å². The molecule has 0 fully saturated rings. The van der Waals surface area contributed by atoms with E-state index in [0.29, 0.717) is 11.4 Å². The number of fused-ring (bicyclic) bond motifs is 1. The molecule has 2 aliphatic rings. The Hall–Kier alpha value is -4.03. The first-order chi connectivity index (χ1) is 17.4. The molecule has 1 aliphatic heterocycles. The lowest BCUT2D eigenvalue weighted by atomic mass is 10.0. The van der Waals surface area contributed by atoms with Gasteiger partial charge in [-0.3, -0.25) is 0 Å². The quantitative estimate of drug-likeness (QED) is 0.422. The number of benzene rings is 3. The maximum Gasteiger partial charge on any atom is 0.267 e. The van der Waals surface area contributed by atoms with Crippen LogP contribution in [0, 0.1) is 13.8 Å². The zero-order valence-electron chi connectivity index (χ0n) is 20.5. The van der Waals surface area contributed by atoms with Gasteiger partial charge in [-0.05, 0) is 56.3 Å². The van der Waals surface area contributed by atoms with Crippen molar-refractivity contribution in [2.75, 3.05) is 12.0 Å². The van der Waals surface area contributed by atoms with E-state index in [1.807, 2.05) is 73.7 Å². The van der Waals surface area contributed by atoms with Gasteiger partial charge >= 0.3 is 0 Å². The number of ether oxygens (including phenoxy) is 1. The standard InChI is InChI=1S/C30H28N2O3S/c1-22-12-16-25(17-13-22)32-29-11-6-4-5-10-28(29)31(36(33,34)27-18-14-23(2)15-19-27)21-30(32)24-8-7-9-26(20-24)35-3/h4-21,29H,1-3H3. The Kier molecular flexibility index (Phi) is 6.29. The van der Waals surface area contributed by atoms with Crippen molar-refractivity contribution >= 4 is 21.4 Å². The van der Waals surface area contributed by atoms with Crippen molar-refractivity contribution in [3.8, 4) is 5.75 Å². The lowest BCUT2D eigenvalue weighted by Gasteiger charge is -2.43. The average molecular weight is 497 g/mol. The third-order valence-corrected chi connectivity index (χ3v) is 8.07. The number of nitrogens with zero attached hydrogens (tertiary/aromatic N) is 2. The van der Waals surface area contributed by atoms with E-state index in [-0.39, 0.29) is 10.9 Å². The molecule has 6 heteroatoms. The van der Waals surface area contributed by atoms with Crippen LogP contribution in [0.1, 0.15) is 16.7 Å². The van der Waals surface area contributed by atoms with Crippen LogP contribution in [0.2, 0.25) is 0 Å². The minimum Gasteiger partial charge on any atom is -0.497 e. The predicted molar refractivity (Wildman–Crippen MR) is 145 cm³/mol. The average Bonchev–Trinajstić information content (AvgIpc) is 3.15. The molecule has 3 aromatic carbocycles. The lowest BCUT2D eigenvalue weighted by Crippen LogP contribution is -2.45. The Labute approximate surface area is 213 Å². The minimum atomic E-state index is -3.87. The van der Waals surface area contributed by atoms with Crippen molar-refractivity contribution in [2.45, 2.75) is 24.8 Å². The van der Waals surface area contributed by atoms with Crippen LogP contribution in [0.25, 0.3) is 5.70 Å². The fourth-order valence-corrected chi connectivity index (χ4v) is 5.83. The summed E-state index contributed by atoms with van der Waals surface area (Å²) in [6.45, 7) is 3.99. The highest BCUT2D eigenvalue weighted by Gasteiger charge is 2.38. The highest BCUT2D eigenvalue weighted by Crippen LogP contribution is 2.41. The number of allylic oxidation sites excluding steroid dienone is 4. The van der Waals surface area contributed by atoms with Crippen LogP contribution in [0.15, 0.2) is 120 Å². The number of sulfonamides is 1. The molecular weight excluding hydrogens is 468 g/mol. The summed E-state index contributed by atoms with van der Waals surface area (Å²) in [7, 11) is -2.25. The Morgan fingerprint density at radius 2 is 1.53 bits per heavy atom.